The maximum Gasteiger partial charge on any atom is 0.255 e. The van der Waals surface area contributed by atoms with E-state index in [0.29, 0.717) is 15.1 Å². The Morgan fingerprint density at radius 3 is 2.55 bits per heavy atom. The van der Waals surface area contributed by atoms with Crippen molar-refractivity contribution in [2.75, 3.05) is 13.1 Å². The van der Waals surface area contributed by atoms with Gasteiger partial charge in [-0.2, -0.15) is 0 Å². The zero-order valence-corrected chi connectivity index (χ0v) is 20.4. The van der Waals surface area contributed by atoms with Gasteiger partial charge in [-0.3, -0.25) is 9.78 Å². The van der Waals surface area contributed by atoms with Crippen LogP contribution < -0.4 is 0 Å². The molecular formula is C25H26BrClN2O2. The van der Waals surface area contributed by atoms with Crippen molar-refractivity contribution in [1.82, 2.24) is 9.88 Å². The Morgan fingerprint density at radius 2 is 1.84 bits per heavy atom. The summed E-state index contributed by atoms with van der Waals surface area (Å²) in [5, 5.41) is 0.514. The number of piperidine rings is 1. The molecule has 162 valence electrons. The van der Waals surface area contributed by atoms with Gasteiger partial charge in [-0.25, -0.2) is 0 Å². The molecule has 0 N–H and O–H groups in total. The van der Waals surface area contributed by atoms with Crippen LogP contribution >= 0.6 is 27.5 Å². The van der Waals surface area contributed by atoms with Gasteiger partial charge in [0.05, 0.1) is 16.8 Å². The SMILES string of the molecule is CC(C)(C)c1cc(-c2cc(-c3ccc(C(=O)N4CCCCC4)c(Br)c3Cl)co2)ccn1. The molecule has 2 aromatic heterocycles. The predicted octanol–water partition coefficient (Wildman–Crippen LogP) is 7.35. The van der Waals surface area contributed by atoms with Crippen molar-refractivity contribution < 1.29 is 9.21 Å². The van der Waals surface area contributed by atoms with E-state index in [0.717, 1.165) is 54.1 Å². The largest absolute Gasteiger partial charge is 0.464 e. The lowest BCUT2D eigenvalue weighted by Crippen LogP contribution is -2.35. The highest BCUT2D eigenvalue weighted by Crippen LogP contribution is 2.39. The van der Waals surface area contributed by atoms with Crippen LogP contribution in [0.3, 0.4) is 0 Å². The van der Waals surface area contributed by atoms with E-state index in [9.17, 15) is 4.79 Å². The average Bonchev–Trinajstić information content (AvgIpc) is 3.25. The second kappa shape index (κ2) is 8.79. The number of carbonyl (C=O) groups excluding carboxylic acids is 1. The Labute approximate surface area is 196 Å². The van der Waals surface area contributed by atoms with Gasteiger partial charge in [-0.1, -0.05) is 38.4 Å². The minimum absolute atomic E-state index is 0.0272. The second-order valence-electron chi connectivity index (χ2n) is 9.02. The van der Waals surface area contributed by atoms with Gasteiger partial charge in [0.15, 0.2) is 0 Å². The van der Waals surface area contributed by atoms with Crippen LogP contribution in [-0.4, -0.2) is 28.9 Å². The number of pyridine rings is 1. The molecule has 1 saturated heterocycles. The van der Waals surface area contributed by atoms with Crippen molar-refractivity contribution in [3.05, 3.63) is 63.5 Å². The number of nitrogens with zero attached hydrogens (tertiary/aromatic N) is 2. The van der Waals surface area contributed by atoms with E-state index in [-0.39, 0.29) is 11.3 Å². The first-order valence-electron chi connectivity index (χ1n) is 10.6. The van der Waals surface area contributed by atoms with Crippen LogP contribution in [0.5, 0.6) is 0 Å². The van der Waals surface area contributed by atoms with E-state index in [1.165, 1.54) is 6.42 Å². The van der Waals surface area contributed by atoms with E-state index in [1.807, 2.05) is 35.4 Å². The number of amides is 1. The molecular weight excluding hydrogens is 476 g/mol. The third-order valence-electron chi connectivity index (χ3n) is 5.68. The molecule has 0 atom stereocenters. The molecule has 4 nitrogen and oxygen atoms in total. The standard InChI is InChI=1S/C25H26BrClN2O2/c1-25(2,3)21-14-16(9-10-28-21)20-13-17(15-31-20)18-7-8-19(22(26)23(18)27)24(30)29-11-5-4-6-12-29/h7-10,13-15H,4-6,11-12H2,1-3H3. The summed E-state index contributed by atoms with van der Waals surface area (Å²) in [6, 6.07) is 9.71. The Hall–Kier alpha value is -2.11. The van der Waals surface area contributed by atoms with Gasteiger partial charge in [0.25, 0.3) is 5.91 Å². The fraction of sp³-hybridized carbons (Fsp3) is 0.360. The Kier molecular flexibility index (Phi) is 6.27. The van der Waals surface area contributed by atoms with Crippen LogP contribution in [-0.2, 0) is 5.41 Å². The minimum atomic E-state index is -0.0453. The van der Waals surface area contributed by atoms with Crippen LogP contribution in [0.2, 0.25) is 5.02 Å². The fourth-order valence-electron chi connectivity index (χ4n) is 3.83. The van der Waals surface area contributed by atoms with E-state index < -0.39 is 0 Å². The second-order valence-corrected chi connectivity index (χ2v) is 10.2. The van der Waals surface area contributed by atoms with Crippen molar-refractivity contribution in [2.24, 2.45) is 0 Å². The number of furan rings is 1. The lowest BCUT2D eigenvalue weighted by Gasteiger charge is -2.27. The molecule has 1 aliphatic heterocycles. The van der Waals surface area contributed by atoms with Gasteiger partial charge in [-0.05, 0) is 59.5 Å². The van der Waals surface area contributed by atoms with E-state index in [1.54, 1.807) is 6.26 Å². The molecule has 1 amide bonds. The highest BCUT2D eigenvalue weighted by atomic mass is 79.9. The van der Waals surface area contributed by atoms with Crippen LogP contribution in [0.15, 0.2) is 51.7 Å². The number of carbonyl (C=O) groups is 1. The summed E-state index contributed by atoms with van der Waals surface area (Å²) in [6.45, 7) is 8.01. The van der Waals surface area contributed by atoms with Crippen molar-refractivity contribution in [3.63, 3.8) is 0 Å². The summed E-state index contributed by atoms with van der Waals surface area (Å²) in [5.41, 5.74) is 4.22. The molecule has 1 aliphatic rings. The quantitative estimate of drug-likeness (QED) is 0.377. The van der Waals surface area contributed by atoms with Crippen LogP contribution in [0.1, 0.15) is 56.1 Å². The number of hydrogen-bond donors (Lipinski definition) is 0. The number of benzene rings is 1. The van der Waals surface area contributed by atoms with Gasteiger partial charge in [0.1, 0.15) is 5.76 Å². The Bertz CT molecular complexity index is 1110. The zero-order valence-electron chi connectivity index (χ0n) is 18.0. The summed E-state index contributed by atoms with van der Waals surface area (Å²) < 4.78 is 6.49. The molecule has 3 heterocycles. The van der Waals surface area contributed by atoms with E-state index in [2.05, 4.69) is 47.8 Å². The molecule has 0 unspecified atom stereocenters. The summed E-state index contributed by atoms with van der Waals surface area (Å²) in [6.07, 6.45) is 6.80. The topological polar surface area (TPSA) is 46.3 Å². The monoisotopic (exact) mass is 500 g/mol. The lowest BCUT2D eigenvalue weighted by atomic mass is 9.90. The van der Waals surface area contributed by atoms with Crippen LogP contribution in [0, 0.1) is 0 Å². The first-order valence-corrected chi connectivity index (χ1v) is 11.8. The first-order chi connectivity index (χ1) is 14.8. The van der Waals surface area contributed by atoms with Gasteiger partial charge >= 0.3 is 0 Å². The van der Waals surface area contributed by atoms with Gasteiger partial charge in [0.2, 0.25) is 0 Å². The van der Waals surface area contributed by atoms with Crippen molar-refractivity contribution in [3.8, 4) is 22.5 Å². The molecule has 0 radical (unpaired) electrons. The summed E-state index contributed by atoms with van der Waals surface area (Å²) in [4.78, 5) is 19.3. The van der Waals surface area contributed by atoms with Crippen molar-refractivity contribution >= 4 is 33.4 Å². The lowest BCUT2D eigenvalue weighted by molar-refractivity contribution is 0.0723. The minimum Gasteiger partial charge on any atom is -0.464 e. The van der Waals surface area contributed by atoms with Gasteiger partial charge in [0, 0.05) is 51.6 Å². The number of aromatic nitrogens is 1. The maximum absolute atomic E-state index is 12.9. The summed E-state index contributed by atoms with van der Waals surface area (Å²) in [5.74, 6) is 0.781. The van der Waals surface area contributed by atoms with Gasteiger partial charge < -0.3 is 9.32 Å². The molecule has 0 spiro atoms. The molecule has 3 aromatic rings. The maximum atomic E-state index is 12.9. The first kappa shape index (κ1) is 22.1. The zero-order chi connectivity index (χ0) is 22.2. The number of hydrogen-bond acceptors (Lipinski definition) is 3. The van der Waals surface area contributed by atoms with Crippen LogP contribution in [0.25, 0.3) is 22.5 Å². The average molecular weight is 502 g/mol. The molecule has 0 aliphatic carbocycles. The Morgan fingerprint density at radius 1 is 1.10 bits per heavy atom. The number of rotatable bonds is 3. The number of halogens is 2. The smallest absolute Gasteiger partial charge is 0.255 e. The molecule has 0 bridgehead atoms. The third kappa shape index (κ3) is 4.58. The molecule has 1 aromatic carbocycles. The fourth-order valence-corrected chi connectivity index (χ4v) is 4.62. The van der Waals surface area contributed by atoms with Gasteiger partial charge in [-0.15, -0.1) is 0 Å². The molecule has 1 fully saturated rings. The van der Waals surface area contributed by atoms with E-state index in [4.69, 9.17) is 16.0 Å². The highest BCUT2D eigenvalue weighted by Gasteiger charge is 2.23. The summed E-state index contributed by atoms with van der Waals surface area (Å²) in [7, 11) is 0. The molecule has 6 heteroatoms. The molecule has 4 rings (SSSR count). The van der Waals surface area contributed by atoms with E-state index >= 15 is 0 Å². The molecule has 31 heavy (non-hydrogen) atoms. The molecule has 0 saturated carbocycles. The summed E-state index contributed by atoms with van der Waals surface area (Å²) >= 11 is 10.2. The van der Waals surface area contributed by atoms with Crippen molar-refractivity contribution in [2.45, 2.75) is 45.4 Å². The van der Waals surface area contributed by atoms with Crippen molar-refractivity contribution in [1.29, 1.82) is 0 Å². The Balaban J connectivity index is 1.64. The predicted molar refractivity (Wildman–Crippen MR) is 129 cm³/mol. The third-order valence-corrected chi connectivity index (χ3v) is 7.12. The highest BCUT2D eigenvalue weighted by molar-refractivity contribution is 9.10. The normalized spacial score (nSPS) is 14.7. The number of likely N-dealkylation sites (tertiary alicyclic amines) is 1. The van der Waals surface area contributed by atoms with Crippen LogP contribution in [0.4, 0.5) is 0 Å².